The summed E-state index contributed by atoms with van der Waals surface area (Å²) >= 11 is 0. The van der Waals surface area contributed by atoms with Crippen molar-refractivity contribution in [1.29, 1.82) is 0 Å². The predicted molar refractivity (Wildman–Crippen MR) is 163 cm³/mol. The molecule has 0 aliphatic carbocycles. The average molecular weight is 636 g/mol. The van der Waals surface area contributed by atoms with Gasteiger partial charge in [0.05, 0.1) is 16.0 Å². The molecule has 0 unspecified atom stereocenters. The van der Waals surface area contributed by atoms with Crippen LogP contribution in [0.3, 0.4) is 0 Å². The van der Waals surface area contributed by atoms with Crippen molar-refractivity contribution in [1.82, 2.24) is 9.88 Å². The van der Waals surface area contributed by atoms with E-state index in [9.17, 15) is 16.8 Å². The van der Waals surface area contributed by atoms with Crippen LogP contribution >= 0.6 is 13.5 Å². The van der Waals surface area contributed by atoms with Crippen LogP contribution in [0, 0.1) is 13.8 Å². The van der Waals surface area contributed by atoms with Crippen molar-refractivity contribution in [2.24, 2.45) is 5.73 Å². The highest BCUT2D eigenvalue weighted by atomic mass is 32.2. The quantitative estimate of drug-likeness (QED) is 0.335. The van der Waals surface area contributed by atoms with Crippen LogP contribution in [-0.4, -0.2) is 73.5 Å². The van der Waals surface area contributed by atoms with E-state index < -0.39 is 20.2 Å². The largest absolute Gasteiger partial charge is 0.491 e. The van der Waals surface area contributed by atoms with Crippen LogP contribution in [0.2, 0.25) is 0 Å². The fourth-order valence-corrected chi connectivity index (χ4v) is 4.59. The summed E-state index contributed by atoms with van der Waals surface area (Å²) in [6, 6.07) is 14.5. The molecule has 1 aliphatic heterocycles. The lowest BCUT2D eigenvalue weighted by atomic mass is 10.1. The number of hydrogen-bond donors (Lipinski definition) is 3. The molecular weight excluding hydrogens is 594 g/mol. The lowest BCUT2D eigenvalue weighted by Crippen LogP contribution is -2.17. The van der Waals surface area contributed by atoms with E-state index in [2.05, 4.69) is 23.0 Å². The first-order valence-corrected chi connectivity index (χ1v) is 14.8. The van der Waals surface area contributed by atoms with Crippen molar-refractivity contribution in [3.8, 4) is 5.75 Å². The van der Waals surface area contributed by atoms with E-state index in [0.717, 1.165) is 16.9 Å². The molecule has 41 heavy (non-hydrogen) atoms. The van der Waals surface area contributed by atoms with Crippen molar-refractivity contribution < 1.29 is 41.6 Å². The zero-order valence-corrected chi connectivity index (χ0v) is 25.8. The number of hydrogen-bond acceptors (Lipinski definition) is 8. The molecule has 1 aliphatic rings. The zero-order valence-electron chi connectivity index (χ0n) is 23.2. The van der Waals surface area contributed by atoms with E-state index in [1.165, 1.54) is 49.2 Å². The molecule has 0 spiro atoms. The Morgan fingerprint density at radius 1 is 0.902 bits per heavy atom. The van der Waals surface area contributed by atoms with Crippen molar-refractivity contribution in [2.75, 3.05) is 26.7 Å². The Morgan fingerprint density at radius 3 is 1.73 bits per heavy atom. The summed E-state index contributed by atoms with van der Waals surface area (Å²) in [6.45, 7) is 5.93. The molecule has 0 amide bonds. The third-order valence-electron chi connectivity index (χ3n) is 5.66. The van der Waals surface area contributed by atoms with Gasteiger partial charge in [-0.3, -0.25) is 19.0 Å². The maximum atomic E-state index is 10.5. The van der Waals surface area contributed by atoms with Crippen molar-refractivity contribution in [2.45, 2.75) is 42.5 Å². The highest BCUT2D eigenvalue weighted by Gasteiger charge is 2.23. The Bertz CT molecular complexity index is 1300. The van der Waals surface area contributed by atoms with Gasteiger partial charge in [-0.15, -0.1) is 0 Å². The SMILES string of the molecule is CN1CCC[C@H]1c1cncc(OCCN)c1.Cc1ccc(S(=O)(=O)O)cc1.Cc1ccc(S(=O)(=O)O)cc1.O.O.S. The van der Waals surface area contributed by atoms with Gasteiger partial charge in [0.1, 0.15) is 12.4 Å². The van der Waals surface area contributed by atoms with E-state index in [-0.39, 0.29) is 34.2 Å². The van der Waals surface area contributed by atoms with Gasteiger partial charge in [-0.05, 0) is 76.2 Å². The number of likely N-dealkylation sites (tertiary alicyclic amines) is 1. The van der Waals surface area contributed by atoms with Gasteiger partial charge in [-0.2, -0.15) is 30.3 Å². The molecule has 12 nitrogen and oxygen atoms in total. The van der Waals surface area contributed by atoms with Gasteiger partial charge in [0.2, 0.25) is 0 Å². The molecule has 1 aromatic heterocycles. The maximum Gasteiger partial charge on any atom is 0.294 e. The predicted octanol–water partition coefficient (Wildman–Crippen LogP) is 2.13. The average Bonchev–Trinajstić information content (AvgIpc) is 3.29. The second-order valence-corrected chi connectivity index (χ2v) is 11.6. The molecule has 1 saturated heterocycles. The summed E-state index contributed by atoms with van der Waals surface area (Å²) in [5.41, 5.74) is 8.56. The number of rotatable bonds is 6. The first kappa shape index (κ1) is 40.5. The topological polar surface area (TPSA) is 223 Å². The normalized spacial score (nSPS) is 14.4. The fraction of sp³-hybridized carbons (Fsp3) is 0.346. The molecule has 3 aromatic rings. The van der Waals surface area contributed by atoms with Crippen LogP contribution in [0.15, 0.2) is 76.8 Å². The van der Waals surface area contributed by atoms with Gasteiger partial charge in [-0.25, -0.2) is 0 Å². The zero-order chi connectivity index (χ0) is 28.3. The summed E-state index contributed by atoms with van der Waals surface area (Å²) in [5, 5.41) is 0. The molecule has 2 aromatic carbocycles. The molecule has 4 rings (SSSR count). The minimum atomic E-state index is -4.02. The Morgan fingerprint density at radius 2 is 1.37 bits per heavy atom. The van der Waals surface area contributed by atoms with Gasteiger partial charge >= 0.3 is 0 Å². The Hall–Kier alpha value is -2.60. The van der Waals surface area contributed by atoms with Gasteiger partial charge < -0.3 is 21.4 Å². The third-order valence-corrected chi connectivity index (χ3v) is 7.40. The molecule has 15 heteroatoms. The summed E-state index contributed by atoms with van der Waals surface area (Å²) < 4.78 is 64.6. The van der Waals surface area contributed by atoms with Gasteiger partial charge in [0, 0.05) is 18.8 Å². The van der Waals surface area contributed by atoms with E-state index in [1.54, 1.807) is 30.5 Å². The van der Waals surface area contributed by atoms with Crippen LogP contribution in [0.5, 0.6) is 5.75 Å². The number of pyridine rings is 1. The van der Waals surface area contributed by atoms with Gasteiger partial charge in [-0.1, -0.05) is 35.4 Å². The summed E-state index contributed by atoms with van der Waals surface area (Å²) in [6.07, 6.45) is 6.14. The third kappa shape index (κ3) is 14.2. The first-order valence-electron chi connectivity index (χ1n) is 11.9. The van der Waals surface area contributed by atoms with E-state index in [0.29, 0.717) is 19.2 Å². The second kappa shape index (κ2) is 18.8. The Kier molecular flexibility index (Phi) is 18.5. The second-order valence-electron chi connectivity index (χ2n) is 8.81. The molecule has 2 heterocycles. The first-order chi connectivity index (χ1) is 17.8. The number of nitrogens with zero attached hydrogens (tertiary/aromatic N) is 2. The number of nitrogens with two attached hydrogens (primary N) is 1. The summed E-state index contributed by atoms with van der Waals surface area (Å²) in [4.78, 5) is 6.46. The van der Waals surface area contributed by atoms with Crippen LogP contribution in [0.4, 0.5) is 0 Å². The van der Waals surface area contributed by atoms with E-state index in [1.807, 2.05) is 20.0 Å². The lowest BCUT2D eigenvalue weighted by Gasteiger charge is -2.19. The van der Waals surface area contributed by atoms with E-state index in [4.69, 9.17) is 19.6 Å². The van der Waals surface area contributed by atoms with Crippen LogP contribution < -0.4 is 10.5 Å². The molecule has 0 radical (unpaired) electrons. The Labute approximate surface area is 249 Å². The molecular formula is C26H41N3O9S3. The molecule has 0 bridgehead atoms. The number of aryl methyl sites for hydroxylation is 2. The van der Waals surface area contributed by atoms with Crippen LogP contribution in [0.1, 0.15) is 35.6 Å². The molecule has 8 N–H and O–H groups in total. The van der Waals surface area contributed by atoms with Crippen LogP contribution in [0.25, 0.3) is 0 Å². The standard InChI is InChI=1S/C12H19N3O.2C7H8O3S.2H2O.H2S/c1-15-5-2-3-12(15)10-7-11(9-14-8-10)16-6-4-13;2*1-6-2-4-7(5-3-6)11(8,9)10;;;/h7-9,12H,2-6,13H2,1H3;2*2-5H,1H3,(H,8,9,10);3*1H2/t12-;;;;;/m0...../s1. The van der Waals surface area contributed by atoms with Crippen molar-refractivity contribution in [3.05, 3.63) is 83.7 Å². The van der Waals surface area contributed by atoms with Crippen molar-refractivity contribution in [3.63, 3.8) is 0 Å². The summed E-state index contributed by atoms with van der Waals surface area (Å²) in [7, 11) is -5.88. The smallest absolute Gasteiger partial charge is 0.294 e. The molecule has 1 fully saturated rings. The molecule has 232 valence electrons. The molecule has 1 atom stereocenters. The van der Waals surface area contributed by atoms with Gasteiger partial charge in [0.25, 0.3) is 20.2 Å². The molecule has 0 saturated carbocycles. The minimum Gasteiger partial charge on any atom is -0.491 e. The monoisotopic (exact) mass is 635 g/mol. The lowest BCUT2D eigenvalue weighted by molar-refractivity contribution is 0.309. The fourth-order valence-electron chi connectivity index (χ4n) is 3.63. The number of aromatic nitrogens is 1. The minimum absolute atomic E-state index is 0. The van der Waals surface area contributed by atoms with Crippen molar-refractivity contribution >= 4 is 33.7 Å². The number of benzene rings is 2. The highest BCUT2D eigenvalue weighted by Crippen LogP contribution is 2.31. The number of ether oxygens (including phenoxy) is 1. The highest BCUT2D eigenvalue weighted by molar-refractivity contribution is 7.86. The van der Waals surface area contributed by atoms with Crippen LogP contribution in [-0.2, 0) is 20.2 Å². The Balaban J connectivity index is 0. The maximum absolute atomic E-state index is 10.5. The van der Waals surface area contributed by atoms with Gasteiger partial charge in [0.15, 0.2) is 0 Å². The summed E-state index contributed by atoms with van der Waals surface area (Å²) in [5.74, 6) is 0.822. The van der Waals surface area contributed by atoms with E-state index >= 15 is 0 Å².